The highest BCUT2D eigenvalue weighted by molar-refractivity contribution is 7.89. The van der Waals surface area contributed by atoms with Gasteiger partial charge in [0.05, 0.1) is 4.90 Å². The number of piperidine rings is 1. The molecule has 0 aromatic heterocycles. The summed E-state index contributed by atoms with van der Waals surface area (Å²) in [5, 5.41) is 0. The molecule has 23 heavy (non-hydrogen) atoms. The molecule has 6 heteroatoms. The highest BCUT2D eigenvalue weighted by Gasteiger charge is 2.26. The summed E-state index contributed by atoms with van der Waals surface area (Å²) in [6.45, 7) is 11.0. The first-order chi connectivity index (χ1) is 10.3. The third-order valence-corrected chi connectivity index (χ3v) is 6.15. The maximum atomic E-state index is 12.7. The number of likely N-dealkylation sites (tertiary alicyclic amines) is 1. The Labute approximate surface area is 147 Å². The van der Waals surface area contributed by atoms with Gasteiger partial charge in [0.15, 0.2) is 0 Å². The van der Waals surface area contributed by atoms with E-state index < -0.39 is 10.0 Å². The van der Waals surface area contributed by atoms with Crippen molar-refractivity contribution in [2.75, 3.05) is 19.6 Å². The third kappa shape index (κ3) is 5.18. The molecule has 1 aromatic carbocycles. The monoisotopic (exact) mass is 360 g/mol. The molecule has 1 N–H and O–H groups in total. The van der Waals surface area contributed by atoms with Crippen LogP contribution in [0.1, 0.15) is 42.9 Å². The van der Waals surface area contributed by atoms with Crippen LogP contribution in [0.5, 0.6) is 0 Å². The van der Waals surface area contributed by atoms with Crippen molar-refractivity contribution in [3.63, 3.8) is 0 Å². The first-order valence-electron chi connectivity index (χ1n) is 8.16. The van der Waals surface area contributed by atoms with E-state index in [0.717, 1.165) is 55.6 Å². The highest BCUT2D eigenvalue weighted by atomic mass is 35.5. The molecule has 0 amide bonds. The molecule has 0 aliphatic carbocycles. The molecule has 1 aliphatic heterocycles. The van der Waals surface area contributed by atoms with Crippen molar-refractivity contribution in [1.82, 2.24) is 9.62 Å². The largest absolute Gasteiger partial charge is 0.303 e. The van der Waals surface area contributed by atoms with Gasteiger partial charge in [-0.1, -0.05) is 24.6 Å². The van der Waals surface area contributed by atoms with Crippen LogP contribution < -0.4 is 4.72 Å². The Hall–Kier alpha value is -0.620. The molecule has 132 valence electrons. The Morgan fingerprint density at radius 2 is 1.65 bits per heavy atom. The fraction of sp³-hybridized carbons (Fsp3) is 0.647. The van der Waals surface area contributed by atoms with Crippen molar-refractivity contribution < 1.29 is 8.42 Å². The second-order valence-corrected chi connectivity index (χ2v) is 8.12. The van der Waals surface area contributed by atoms with Gasteiger partial charge in [0, 0.05) is 6.04 Å². The van der Waals surface area contributed by atoms with E-state index in [4.69, 9.17) is 0 Å². The van der Waals surface area contributed by atoms with E-state index >= 15 is 0 Å². The zero-order valence-electron chi connectivity index (χ0n) is 14.6. The number of rotatable bonds is 5. The first-order valence-corrected chi connectivity index (χ1v) is 9.64. The lowest BCUT2D eigenvalue weighted by Gasteiger charge is -2.32. The minimum absolute atomic E-state index is 0. The normalized spacial score (nSPS) is 17.0. The lowest BCUT2D eigenvalue weighted by atomic mass is 10.1. The van der Waals surface area contributed by atoms with Gasteiger partial charge in [-0.25, -0.2) is 13.1 Å². The fourth-order valence-electron chi connectivity index (χ4n) is 3.46. The molecule has 0 bridgehead atoms. The average Bonchev–Trinajstić information content (AvgIpc) is 2.39. The zero-order valence-corrected chi connectivity index (χ0v) is 16.2. The molecule has 0 saturated carbocycles. The van der Waals surface area contributed by atoms with Crippen LogP contribution in [-0.2, 0) is 10.0 Å². The molecular weight excluding hydrogens is 332 g/mol. The minimum Gasteiger partial charge on any atom is -0.303 e. The van der Waals surface area contributed by atoms with Gasteiger partial charge in [0.2, 0.25) is 10.0 Å². The topological polar surface area (TPSA) is 49.4 Å². The predicted octanol–water partition coefficient (Wildman–Crippen LogP) is 3.19. The van der Waals surface area contributed by atoms with Gasteiger partial charge < -0.3 is 4.90 Å². The van der Waals surface area contributed by atoms with Crippen LogP contribution in [0.3, 0.4) is 0 Å². The Morgan fingerprint density at radius 1 is 1.13 bits per heavy atom. The fourth-order valence-corrected chi connectivity index (χ4v) is 5.22. The Bertz CT molecular complexity index is 600. The molecule has 1 heterocycles. The van der Waals surface area contributed by atoms with Crippen LogP contribution in [0, 0.1) is 20.8 Å². The maximum absolute atomic E-state index is 12.7. The number of halogens is 1. The van der Waals surface area contributed by atoms with Gasteiger partial charge >= 0.3 is 0 Å². The van der Waals surface area contributed by atoms with Crippen molar-refractivity contribution in [1.29, 1.82) is 0 Å². The van der Waals surface area contributed by atoms with Crippen molar-refractivity contribution in [3.8, 4) is 0 Å². The molecule has 0 radical (unpaired) electrons. The molecule has 1 saturated heterocycles. The Kier molecular flexibility index (Phi) is 7.52. The summed E-state index contributed by atoms with van der Waals surface area (Å²) in [5.74, 6) is 0. The van der Waals surface area contributed by atoms with Crippen LogP contribution in [0.25, 0.3) is 0 Å². The number of sulfonamides is 1. The highest BCUT2D eigenvalue weighted by Crippen LogP contribution is 2.23. The lowest BCUT2D eigenvalue weighted by Crippen LogP contribution is -2.44. The van der Waals surface area contributed by atoms with E-state index in [-0.39, 0.29) is 18.4 Å². The molecule has 1 fully saturated rings. The average molecular weight is 361 g/mol. The summed E-state index contributed by atoms with van der Waals surface area (Å²) in [7, 11) is -3.44. The summed E-state index contributed by atoms with van der Waals surface area (Å²) in [6.07, 6.45) is 2.94. The van der Waals surface area contributed by atoms with E-state index in [1.165, 1.54) is 0 Å². The molecule has 4 nitrogen and oxygen atoms in total. The SMILES string of the molecule is CCCN1CCC(NS(=O)(=O)c2c(C)cc(C)cc2C)CC1.Cl. The third-order valence-electron chi connectivity index (χ3n) is 4.32. The smallest absolute Gasteiger partial charge is 0.241 e. The Balaban J connectivity index is 0.00000264. The summed E-state index contributed by atoms with van der Waals surface area (Å²) in [5.41, 5.74) is 2.75. The maximum Gasteiger partial charge on any atom is 0.241 e. The standard InChI is InChI=1S/C17H28N2O2S.ClH/c1-5-8-19-9-6-16(7-10-19)18-22(20,21)17-14(3)11-13(2)12-15(17)4;/h11-12,16,18H,5-10H2,1-4H3;1H. The summed E-state index contributed by atoms with van der Waals surface area (Å²) >= 11 is 0. The van der Waals surface area contributed by atoms with Crippen LogP contribution in [-0.4, -0.2) is 39.0 Å². The van der Waals surface area contributed by atoms with E-state index in [1.54, 1.807) is 0 Å². The van der Waals surface area contributed by atoms with Crippen LogP contribution in [0.15, 0.2) is 17.0 Å². The van der Waals surface area contributed by atoms with E-state index in [0.29, 0.717) is 4.90 Å². The van der Waals surface area contributed by atoms with Crippen molar-refractivity contribution in [2.45, 2.75) is 57.9 Å². The molecule has 0 spiro atoms. The van der Waals surface area contributed by atoms with E-state index in [9.17, 15) is 8.42 Å². The van der Waals surface area contributed by atoms with Gasteiger partial charge in [-0.15, -0.1) is 12.4 Å². The molecule has 0 atom stereocenters. The summed E-state index contributed by atoms with van der Waals surface area (Å²) < 4.78 is 28.4. The summed E-state index contributed by atoms with van der Waals surface area (Å²) in [4.78, 5) is 2.86. The van der Waals surface area contributed by atoms with Gasteiger partial charge in [-0.3, -0.25) is 0 Å². The predicted molar refractivity (Wildman–Crippen MR) is 98.0 cm³/mol. The van der Waals surface area contributed by atoms with E-state index in [2.05, 4.69) is 16.5 Å². The first kappa shape index (κ1) is 20.4. The van der Waals surface area contributed by atoms with Gasteiger partial charge in [-0.2, -0.15) is 0 Å². The van der Waals surface area contributed by atoms with Crippen LogP contribution >= 0.6 is 12.4 Å². The molecule has 2 rings (SSSR count). The quantitative estimate of drug-likeness (QED) is 0.877. The number of hydrogen-bond donors (Lipinski definition) is 1. The number of aryl methyl sites for hydroxylation is 3. The van der Waals surface area contributed by atoms with E-state index in [1.807, 2.05) is 32.9 Å². The molecule has 0 unspecified atom stereocenters. The van der Waals surface area contributed by atoms with Crippen molar-refractivity contribution in [2.24, 2.45) is 0 Å². The minimum atomic E-state index is -3.44. The second kappa shape index (κ2) is 8.47. The van der Waals surface area contributed by atoms with Gasteiger partial charge in [0.25, 0.3) is 0 Å². The lowest BCUT2D eigenvalue weighted by molar-refractivity contribution is 0.208. The molecule has 1 aliphatic rings. The summed E-state index contributed by atoms with van der Waals surface area (Å²) in [6, 6.07) is 3.93. The molecule has 1 aromatic rings. The van der Waals surface area contributed by atoms with Gasteiger partial charge in [0.1, 0.15) is 0 Å². The second-order valence-electron chi connectivity index (χ2n) is 6.47. The number of benzene rings is 1. The number of nitrogens with one attached hydrogen (secondary N) is 1. The Morgan fingerprint density at radius 3 is 2.13 bits per heavy atom. The van der Waals surface area contributed by atoms with Crippen LogP contribution in [0.2, 0.25) is 0 Å². The number of hydrogen-bond acceptors (Lipinski definition) is 3. The van der Waals surface area contributed by atoms with Crippen LogP contribution in [0.4, 0.5) is 0 Å². The number of nitrogens with zero attached hydrogens (tertiary/aromatic N) is 1. The molecular formula is C17H29ClN2O2S. The van der Waals surface area contributed by atoms with Crippen molar-refractivity contribution in [3.05, 3.63) is 28.8 Å². The van der Waals surface area contributed by atoms with Crippen molar-refractivity contribution >= 4 is 22.4 Å². The van der Waals surface area contributed by atoms with Gasteiger partial charge in [-0.05, 0) is 70.8 Å². The zero-order chi connectivity index (χ0) is 16.3.